The molecule has 1 aromatic carbocycles. The molecule has 1 heterocycles. The van der Waals surface area contributed by atoms with Crippen LogP contribution in [0, 0.1) is 5.92 Å². The first-order valence-electron chi connectivity index (χ1n) is 6.99. The number of ether oxygens (including phenoxy) is 1. The van der Waals surface area contributed by atoms with Gasteiger partial charge in [0.2, 0.25) is 0 Å². The molecule has 4 heteroatoms. The molecule has 2 rings (SSSR count). The highest BCUT2D eigenvalue weighted by molar-refractivity contribution is 7.99. The van der Waals surface area contributed by atoms with Gasteiger partial charge >= 0.3 is 0 Å². The molecule has 0 bridgehead atoms. The number of halogens is 1. The minimum absolute atomic E-state index is 0.545. The van der Waals surface area contributed by atoms with Crippen molar-refractivity contribution in [3.8, 4) is 0 Å². The normalized spacial score (nSPS) is 20.6. The lowest BCUT2D eigenvalue weighted by Gasteiger charge is -2.23. The van der Waals surface area contributed by atoms with Gasteiger partial charge in [-0.1, -0.05) is 18.5 Å². The quantitative estimate of drug-likeness (QED) is 0.773. The molecule has 1 aliphatic rings. The van der Waals surface area contributed by atoms with Crippen molar-refractivity contribution in [2.45, 2.75) is 30.7 Å². The molecule has 0 aromatic heterocycles. The molecule has 19 heavy (non-hydrogen) atoms. The number of thioether (sulfide) groups is 1. The van der Waals surface area contributed by atoms with E-state index in [4.69, 9.17) is 16.3 Å². The van der Waals surface area contributed by atoms with Crippen molar-refractivity contribution in [2.24, 2.45) is 5.92 Å². The average molecular weight is 300 g/mol. The number of hydrogen-bond acceptors (Lipinski definition) is 3. The van der Waals surface area contributed by atoms with Gasteiger partial charge in [0, 0.05) is 34.2 Å². The zero-order valence-corrected chi connectivity index (χ0v) is 13.0. The van der Waals surface area contributed by atoms with Gasteiger partial charge in [-0.25, -0.2) is 0 Å². The Morgan fingerprint density at radius 1 is 1.42 bits per heavy atom. The van der Waals surface area contributed by atoms with Crippen molar-refractivity contribution in [1.82, 2.24) is 5.32 Å². The molecule has 0 radical (unpaired) electrons. The third kappa shape index (κ3) is 4.99. The standard InChI is InChI=1S/C15H22ClNOS/c1-2-8-17-15(12-7-9-18-10-12)11-19-14-5-3-13(16)4-6-14/h3-6,12,15,17H,2,7-11H2,1H3. The Morgan fingerprint density at radius 2 is 2.21 bits per heavy atom. The minimum atomic E-state index is 0.545. The van der Waals surface area contributed by atoms with E-state index in [0.717, 1.165) is 30.5 Å². The summed E-state index contributed by atoms with van der Waals surface area (Å²) in [5, 5.41) is 4.47. The topological polar surface area (TPSA) is 21.3 Å². The highest BCUT2D eigenvalue weighted by Gasteiger charge is 2.25. The van der Waals surface area contributed by atoms with Gasteiger partial charge in [-0.3, -0.25) is 0 Å². The summed E-state index contributed by atoms with van der Waals surface area (Å²) in [6, 6.07) is 8.64. The molecule has 0 aliphatic carbocycles. The van der Waals surface area contributed by atoms with Crippen LogP contribution < -0.4 is 5.32 Å². The largest absolute Gasteiger partial charge is 0.381 e. The Morgan fingerprint density at radius 3 is 2.84 bits per heavy atom. The molecule has 2 nitrogen and oxygen atoms in total. The second kappa shape index (κ2) is 8.15. The van der Waals surface area contributed by atoms with Crippen molar-refractivity contribution in [3.63, 3.8) is 0 Å². The molecule has 0 spiro atoms. The van der Waals surface area contributed by atoms with Crippen LogP contribution in [-0.2, 0) is 4.74 Å². The fourth-order valence-electron chi connectivity index (χ4n) is 2.28. The predicted molar refractivity (Wildman–Crippen MR) is 83.2 cm³/mol. The van der Waals surface area contributed by atoms with Crippen molar-refractivity contribution < 1.29 is 4.74 Å². The van der Waals surface area contributed by atoms with Crippen LogP contribution in [0.4, 0.5) is 0 Å². The Kier molecular flexibility index (Phi) is 6.51. The van der Waals surface area contributed by atoms with Crippen LogP contribution >= 0.6 is 23.4 Å². The maximum atomic E-state index is 5.91. The van der Waals surface area contributed by atoms with E-state index in [-0.39, 0.29) is 0 Å². The zero-order chi connectivity index (χ0) is 13.5. The predicted octanol–water partition coefficient (Wildman–Crippen LogP) is 3.84. The van der Waals surface area contributed by atoms with Crippen LogP contribution in [0.2, 0.25) is 5.02 Å². The number of nitrogens with one attached hydrogen (secondary N) is 1. The van der Waals surface area contributed by atoms with Crippen molar-refractivity contribution >= 4 is 23.4 Å². The van der Waals surface area contributed by atoms with E-state index >= 15 is 0 Å². The van der Waals surface area contributed by atoms with E-state index in [1.165, 1.54) is 17.7 Å². The summed E-state index contributed by atoms with van der Waals surface area (Å²) < 4.78 is 5.52. The summed E-state index contributed by atoms with van der Waals surface area (Å²) in [6.07, 6.45) is 2.36. The Labute approximate surface area is 125 Å². The molecular formula is C15H22ClNOS. The van der Waals surface area contributed by atoms with Crippen LogP contribution in [0.3, 0.4) is 0 Å². The van der Waals surface area contributed by atoms with E-state index in [9.17, 15) is 0 Å². The third-order valence-corrected chi connectivity index (χ3v) is 4.82. The lowest BCUT2D eigenvalue weighted by Crippen LogP contribution is -2.39. The highest BCUT2D eigenvalue weighted by Crippen LogP contribution is 2.25. The molecule has 0 amide bonds. The van der Waals surface area contributed by atoms with E-state index in [1.807, 2.05) is 23.9 Å². The molecule has 2 atom stereocenters. The van der Waals surface area contributed by atoms with E-state index in [1.54, 1.807) is 0 Å². The van der Waals surface area contributed by atoms with Crippen molar-refractivity contribution in [1.29, 1.82) is 0 Å². The first-order valence-corrected chi connectivity index (χ1v) is 8.35. The van der Waals surface area contributed by atoms with Crippen LogP contribution in [0.5, 0.6) is 0 Å². The SMILES string of the molecule is CCCNC(CSc1ccc(Cl)cc1)C1CCOC1. The average Bonchev–Trinajstić information content (AvgIpc) is 2.95. The number of hydrogen-bond donors (Lipinski definition) is 1. The molecule has 1 aromatic rings. The highest BCUT2D eigenvalue weighted by atomic mass is 35.5. The van der Waals surface area contributed by atoms with Gasteiger partial charge in [-0.2, -0.15) is 0 Å². The Balaban J connectivity index is 1.86. The van der Waals surface area contributed by atoms with Gasteiger partial charge in [-0.15, -0.1) is 11.8 Å². The fourth-order valence-corrected chi connectivity index (χ4v) is 3.49. The van der Waals surface area contributed by atoms with Gasteiger partial charge in [-0.05, 0) is 43.7 Å². The van der Waals surface area contributed by atoms with E-state index in [2.05, 4.69) is 24.4 Å². The summed E-state index contributed by atoms with van der Waals surface area (Å²) >= 11 is 7.81. The van der Waals surface area contributed by atoms with Crippen LogP contribution in [0.1, 0.15) is 19.8 Å². The summed E-state index contributed by atoms with van der Waals surface area (Å²) in [5.41, 5.74) is 0. The zero-order valence-electron chi connectivity index (χ0n) is 11.4. The maximum absolute atomic E-state index is 5.91. The van der Waals surface area contributed by atoms with Gasteiger partial charge in [0.1, 0.15) is 0 Å². The molecule has 0 saturated carbocycles. The molecule has 1 fully saturated rings. The van der Waals surface area contributed by atoms with Crippen LogP contribution in [0.15, 0.2) is 29.2 Å². The maximum Gasteiger partial charge on any atom is 0.0510 e. The van der Waals surface area contributed by atoms with Gasteiger partial charge in [0.15, 0.2) is 0 Å². The summed E-state index contributed by atoms with van der Waals surface area (Å²) in [6.45, 7) is 5.12. The molecule has 106 valence electrons. The van der Waals surface area contributed by atoms with E-state index in [0.29, 0.717) is 12.0 Å². The second-order valence-electron chi connectivity index (χ2n) is 4.95. The second-order valence-corrected chi connectivity index (χ2v) is 6.48. The number of benzene rings is 1. The molecule has 1 saturated heterocycles. The molecule has 1 aliphatic heterocycles. The first-order chi connectivity index (χ1) is 9.29. The smallest absolute Gasteiger partial charge is 0.0510 e. The monoisotopic (exact) mass is 299 g/mol. The summed E-state index contributed by atoms with van der Waals surface area (Å²) in [4.78, 5) is 1.28. The van der Waals surface area contributed by atoms with Crippen LogP contribution in [0.25, 0.3) is 0 Å². The van der Waals surface area contributed by atoms with Crippen molar-refractivity contribution in [2.75, 3.05) is 25.5 Å². The fraction of sp³-hybridized carbons (Fsp3) is 0.600. The third-order valence-electron chi connectivity index (χ3n) is 3.43. The minimum Gasteiger partial charge on any atom is -0.381 e. The van der Waals surface area contributed by atoms with Gasteiger partial charge < -0.3 is 10.1 Å². The molecular weight excluding hydrogens is 278 g/mol. The number of rotatable bonds is 7. The molecule has 1 N–H and O–H groups in total. The summed E-state index contributed by atoms with van der Waals surface area (Å²) in [7, 11) is 0. The Bertz CT molecular complexity index is 365. The summed E-state index contributed by atoms with van der Waals surface area (Å²) in [5.74, 6) is 1.75. The Hall–Kier alpha value is -0.220. The van der Waals surface area contributed by atoms with Crippen LogP contribution in [-0.4, -0.2) is 31.6 Å². The first kappa shape index (κ1) is 15.2. The lowest BCUT2D eigenvalue weighted by molar-refractivity contribution is 0.179. The lowest BCUT2D eigenvalue weighted by atomic mass is 10.0. The molecule has 2 unspecified atom stereocenters. The van der Waals surface area contributed by atoms with Gasteiger partial charge in [0.05, 0.1) is 6.61 Å². The van der Waals surface area contributed by atoms with E-state index < -0.39 is 0 Å². The van der Waals surface area contributed by atoms with Gasteiger partial charge in [0.25, 0.3) is 0 Å². The van der Waals surface area contributed by atoms with Crippen molar-refractivity contribution in [3.05, 3.63) is 29.3 Å².